The quantitative estimate of drug-likeness (QED) is 0.676. The molecule has 0 aliphatic carbocycles. The van der Waals surface area contributed by atoms with Gasteiger partial charge in [0, 0.05) is 25.4 Å². The van der Waals surface area contributed by atoms with Crippen LogP contribution < -0.4 is 5.32 Å². The first-order chi connectivity index (χ1) is 9.47. The average Bonchev–Trinajstić information content (AvgIpc) is 2.82. The minimum Gasteiger partial charge on any atom is -0.346 e. The minimum absolute atomic E-state index is 0.113. The molecular weight excluding hydrogens is 267 g/mol. The number of aryl methyl sites for hydroxylation is 1. The first kappa shape index (κ1) is 13.7. The van der Waals surface area contributed by atoms with Crippen molar-refractivity contribution in [1.29, 1.82) is 0 Å². The molecule has 1 aromatic heterocycles. The summed E-state index contributed by atoms with van der Waals surface area (Å²) < 4.78 is 15.1. The molecule has 0 spiro atoms. The fourth-order valence-electron chi connectivity index (χ4n) is 1.62. The lowest BCUT2D eigenvalue weighted by Crippen LogP contribution is -2.24. The van der Waals surface area contributed by atoms with Crippen LogP contribution >= 0.6 is 0 Å². The van der Waals surface area contributed by atoms with Crippen molar-refractivity contribution in [3.63, 3.8) is 0 Å². The third-order valence-electron chi connectivity index (χ3n) is 2.60. The monoisotopic (exact) mass is 278 g/mol. The van der Waals surface area contributed by atoms with Gasteiger partial charge in [0.25, 0.3) is 11.6 Å². The second-order valence-corrected chi connectivity index (χ2v) is 4.08. The number of carbonyl (C=O) groups is 1. The molecule has 0 unspecified atom stereocenters. The van der Waals surface area contributed by atoms with Crippen LogP contribution in [-0.2, 0) is 13.6 Å². The Kier molecular flexibility index (Phi) is 3.74. The summed E-state index contributed by atoms with van der Waals surface area (Å²) in [6, 6.07) is 4.51. The lowest BCUT2D eigenvalue weighted by molar-refractivity contribution is -0.384. The smallest absolute Gasteiger partial charge is 0.270 e. The number of nitrogens with zero attached hydrogens (tertiary/aromatic N) is 3. The van der Waals surface area contributed by atoms with Crippen LogP contribution in [0.4, 0.5) is 10.1 Å². The maximum Gasteiger partial charge on any atom is 0.270 e. The average molecular weight is 278 g/mol. The zero-order chi connectivity index (χ0) is 14.7. The van der Waals surface area contributed by atoms with E-state index in [0.29, 0.717) is 5.69 Å². The Morgan fingerprint density at radius 2 is 2.25 bits per heavy atom. The van der Waals surface area contributed by atoms with E-state index in [1.165, 1.54) is 0 Å². The number of nitrogens with one attached hydrogen (secondary N) is 1. The van der Waals surface area contributed by atoms with Gasteiger partial charge in [-0.3, -0.25) is 19.6 Å². The maximum atomic E-state index is 13.5. The van der Waals surface area contributed by atoms with E-state index >= 15 is 0 Å². The first-order valence-corrected chi connectivity index (χ1v) is 5.68. The molecule has 2 aromatic rings. The van der Waals surface area contributed by atoms with Crippen LogP contribution in [0.2, 0.25) is 0 Å². The van der Waals surface area contributed by atoms with Crippen LogP contribution in [0.1, 0.15) is 16.1 Å². The van der Waals surface area contributed by atoms with Crippen molar-refractivity contribution >= 4 is 11.6 Å². The van der Waals surface area contributed by atoms with Crippen LogP contribution in [0, 0.1) is 15.9 Å². The highest BCUT2D eigenvalue weighted by molar-refractivity contribution is 5.95. The summed E-state index contributed by atoms with van der Waals surface area (Å²) in [5.41, 5.74) is -0.101. The van der Waals surface area contributed by atoms with E-state index in [-0.39, 0.29) is 17.8 Å². The highest BCUT2D eigenvalue weighted by Crippen LogP contribution is 2.16. The number of benzene rings is 1. The molecule has 0 bridgehead atoms. The number of aromatic nitrogens is 2. The topological polar surface area (TPSA) is 90.1 Å². The second kappa shape index (κ2) is 5.47. The lowest BCUT2D eigenvalue weighted by atomic mass is 10.1. The van der Waals surface area contributed by atoms with Gasteiger partial charge in [0.05, 0.1) is 22.7 Å². The molecule has 1 amide bonds. The molecule has 0 atom stereocenters. The first-order valence-electron chi connectivity index (χ1n) is 5.68. The van der Waals surface area contributed by atoms with E-state index in [9.17, 15) is 19.3 Å². The minimum atomic E-state index is -0.811. The Morgan fingerprint density at radius 3 is 2.85 bits per heavy atom. The molecule has 2 rings (SSSR count). The van der Waals surface area contributed by atoms with Gasteiger partial charge in [-0.25, -0.2) is 4.39 Å². The molecule has 7 nitrogen and oxygen atoms in total. The van der Waals surface area contributed by atoms with Gasteiger partial charge in [0.1, 0.15) is 5.82 Å². The molecule has 8 heteroatoms. The van der Waals surface area contributed by atoms with E-state index in [0.717, 1.165) is 18.2 Å². The number of rotatable bonds is 4. The fourth-order valence-corrected chi connectivity index (χ4v) is 1.62. The van der Waals surface area contributed by atoms with Crippen LogP contribution in [0.25, 0.3) is 0 Å². The van der Waals surface area contributed by atoms with Crippen molar-refractivity contribution in [3.8, 4) is 0 Å². The van der Waals surface area contributed by atoms with Crippen LogP contribution in [0.3, 0.4) is 0 Å². The summed E-state index contributed by atoms with van der Waals surface area (Å²) in [6.45, 7) is 0.113. The molecular formula is C12H11FN4O3. The third kappa shape index (κ3) is 2.97. The zero-order valence-corrected chi connectivity index (χ0v) is 10.5. The number of amides is 1. The van der Waals surface area contributed by atoms with Gasteiger partial charge in [-0.15, -0.1) is 0 Å². The summed E-state index contributed by atoms with van der Waals surface area (Å²) in [5.74, 6) is -1.54. The van der Waals surface area contributed by atoms with Gasteiger partial charge in [-0.1, -0.05) is 0 Å². The molecule has 0 radical (unpaired) electrons. The molecule has 0 fully saturated rings. The SMILES string of the molecule is Cn1ccc(CNC(=O)c2cc([N+](=O)[O-])ccc2F)n1. The van der Waals surface area contributed by atoms with Crippen molar-refractivity contribution < 1.29 is 14.1 Å². The molecule has 0 saturated heterocycles. The summed E-state index contributed by atoms with van der Waals surface area (Å²) in [5, 5.41) is 17.1. The maximum absolute atomic E-state index is 13.5. The van der Waals surface area contributed by atoms with E-state index < -0.39 is 16.6 Å². The summed E-state index contributed by atoms with van der Waals surface area (Å²) in [4.78, 5) is 21.7. The van der Waals surface area contributed by atoms with Gasteiger partial charge in [-0.05, 0) is 12.1 Å². The van der Waals surface area contributed by atoms with E-state index in [1.807, 2.05) is 0 Å². The highest BCUT2D eigenvalue weighted by atomic mass is 19.1. The number of nitro benzene ring substituents is 1. The van der Waals surface area contributed by atoms with Crippen molar-refractivity contribution in [2.24, 2.45) is 7.05 Å². The van der Waals surface area contributed by atoms with Crippen molar-refractivity contribution in [2.45, 2.75) is 6.54 Å². The number of halogens is 1. The zero-order valence-electron chi connectivity index (χ0n) is 10.5. The summed E-state index contributed by atoms with van der Waals surface area (Å²) in [6.07, 6.45) is 1.70. The molecule has 104 valence electrons. The summed E-state index contributed by atoms with van der Waals surface area (Å²) >= 11 is 0. The predicted octanol–water partition coefficient (Wildman–Crippen LogP) is 1.40. The Balaban J connectivity index is 2.12. The molecule has 0 saturated carbocycles. The molecule has 0 aliphatic heterocycles. The number of carbonyl (C=O) groups excluding carboxylic acids is 1. The normalized spacial score (nSPS) is 10.3. The van der Waals surface area contributed by atoms with Gasteiger partial charge in [-0.2, -0.15) is 5.10 Å². The largest absolute Gasteiger partial charge is 0.346 e. The van der Waals surface area contributed by atoms with Crippen molar-refractivity contribution in [2.75, 3.05) is 0 Å². The Hall–Kier alpha value is -2.77. The van der Waals surface area contributed by atoms with Crippen LogP contribution in [-0.4, -0.2) is 20.6 Å². The lowest BCUT2D eigenvalue weighted by Gasteiger charge is -2.04. The van der Waals surface area contributed by atoms with Gasteiger partial charge in [0.2, 0.25) is 0 Å². The van der Waals surface area contributed by atoms with Crippen molar-refractivity contribution in [3.05, 3.63) is 57.7 Å². The van der Waals surface area contributed by atoms with Gasteiger partial charge >= 0.3 is 0 Å². The van der Waals surface area contributed by atoms with Gasteiger partial charge < -0.3 is 5.32 Å². The second-order valence-electron chi connectivity index (χ2n) is 4.08. The van der Waals surface area contributed by atoms with Crippen LogP contribution in [0.5, 0.6) is 0 Å². The number of non-ortho nitro benzene ring substituents is 1. The number of hydrogen-bond donors (Lipinski definition) is 1. The molecule has 1 aromatic carbocycles. The molecule has 20 heavy (non-hydrogen) atoms. The van der Waals surface area contributed by atoms with Crippen LogP contribution in [0.15, 0.2) is 30.5 Å². The summed E-state index contributed by atoms with van der Waals surface area (Å²) in [7, 11) is 1.73. The van der Waals surface area contributed by atoms with E-state index in [4.69, 9.17) is 0 Å². The molecule has 1 heterocycles. The van der Waals surface area contributed by atoms with E-state index in [2.05, 4.69) is 10.4 Å². The van der Waals surface area contributed by atoms with Crippen molar-refractivity contribution in [1.82, 2.24) is 15.1 Å². The fraction of sp³-hybridized carbons (Fsp3) is 0.167. The standard InChI is InChI=1S/C12H11FN4O3/c1-16-5-4-8(15-16)7-14-12(18)10-6-9(17(19)20)2-3-11(10)13/h2-6H,7H2,1H3,(H,14,18). The molecule has 0 aliphatic rings. The molecule has 1 N–H and O–H groups in total. The van der Waals surface area contributed by atoms with Gasteiger partial charge in [0.15, 0.2) is 0 Å². The Morgan fingerprint density at radius 1 is 1.50 bits per heavy atom. The Labute approximate surface area is 113 Å². The predicted molar refractivity (Wildman–Crippen MR) is 67.4 cm³/mol. The van der Waals surface area contributed by atoms with E-state index in [1.54, 1.807) is 24.0 Å². The number of hydrogen-bond acceptors (Lipinski definition) is 4. The highest BCUT2D eigenvalue weighted by Gasteiger charge is 2.16. The Bertz CT molecular complexity index is 668. The number of nitro groups is 1. The third-order valence-corrected chi connectivity index (χ3v) is 2.60.